The van der Waals surface area contributed by atoms with Crippen molar-refractivity contribution in [2.45, 2.75) is 127 Å². The van der Waals surface area contributed by atoms with E-state index in [0.717, 1.165) is 16.6 Å². The Morgan fingerprint density at radius 2 is 0.857 bits per heavy atom. The third-order valence-corrected chi connectivity index (χ3v) is 12.8. The van der Waals surface area contributed by atoms with Gasteiger partial charge in [-0.15, -0.1) is 0 Å². The molecule has 0 saturated heterocycles. The molecule has 0 amide bonds. The second kappa shape index (κ2) is 16.6. The molecule has 0 aliphatic heterocycles. The van der Waals surface area contributed by atoms with Crippen molar-refractivity contribution in [3.8, 4) is 0 Å². The molecule has 0 heterocycles. The van der Waals surface area contributed by atoms with E-state index in [1.54, 1.807) is 0 Å². The second-order valence-corrected chi connectivity index (χ2v) is 13.7. The van der Waals surface area contributed by atoms with E-state index < -0.39 is 8.32 Å². The average Bonchev–Trinajstić information content (AvgIpc) is 2.70. The number of aliphatic hydroxyl groups is 1. The van der Waals surface area contributed by atoms with Crippen LogP contribution in [0.15, 0.2) is 0 Å². The quantitative estimate of drug-likeness (QED) is 0.541. The minimum absolute atomic E-state index is 0. The largest absolute Gasteiger partial charge is 0.431 e. The molecule has 3 fully saturated rings. The van der Waals surface area contributed by atoms with Crippen molar-refractivity contribution in [1.82, 2.24) is 0 Å². The zero-order chi connectivity index (χ0) is 18.1. The van der Waals surface area contributed by atoms with Gasteiger partial charge in [-0.3, -0.25) is 0 Å². The smallest absolute Gasteiger partial charge is 0.197 e. The zero-order valence-corrected chi connectivity index (χ0v) is 22.0. The summed E-state index contributed by atoms with van der Waals surface area (Å²) in [6.07, 6.45) is 20.9. The maximum absolute atomic E-state index is 12.0. The molecule has 0 unspecified atom stereocenters. The summed E-state index contributed by atoms with van der Waals surface area (Å²) in [5, 5.41) is 8.14. The Bertz CT molecular complexity index is 307. The predicted octanol–water partition coefficient (Wildman–Crippen LogP) is 4.91. The van der Waals surface area contributed by atoms with Gasteiger partial charge < -0.3 is 20.9 Å². The van der Waals surface area contributed by atoms with Crippen LogP contribution in [0.4, 0.5) is 0 Å². The van der Waals surface area contributed by atoms with Crippen molar-refractivity contribution in [1.29, 1.82) is 0 Å². The first kappa shape index (κ1) is 31.1. The summed E-state index contributed by atoms with van der Waals surface area (Å²) in [6.45, 7) is 4.25. The van der Waals surface area contributed by atoms with Crippen LogP contribution in [0.1, 0.15) is 110 Å². The van der Waals surface area contributed by atoms with Gasteiger partial charge in [0.15, 0.2) is 8.32 Å². The molecule has 0 bridgehead atoms. The number of aliphatic hydroxyl groups excluding tert-OH is 1. The van der Waals surface area contributed by atoms with Gasteiger partial charge in [-0.05, 0) is 22.5 Å². The van der Waals surface area contributed by atoms with Crippen LogP contribution in [-0.2, 0) is 26.2 Å². The molecule has 0 atom stereocenters. The summed E-state index contributed by atoms with van der Waals surface area (Å²) >= 11 is 0. The van der Waals surface area contributed by atoms with Gasteiger partial charge in [0.1, 0.15) is 0 Å². The monoisotopic (exact) mass is 494 g/mol. The molecule has 0 aromatic heterocycles. The van der Waals surface area contributed by atoms with Crippen molar-refractivity contribution in [2.24, 2.45) is 5.92 Å². The molecule has 6 N–H and O–H groups in total. The molecule has 3 rings (SSSR count). The first-order chi connectivity index (χ1) is 12.1. The van der Waals surface area contributed by atoms with Crippen LogP contribution < -0.4 is 0 Å². The third kappa shape index (κ3) is 8.98. The van der Waals surface area contributed by atoms with Crippen molar-refractivity contribution in [3.05, 3.63) is 0 Å². The first-order valence-corrected chi connectivity index (χ1v) is 13.6. The third-order valence-electron chi connectivity index (χ3n) is 7.14. The average molecular weight is 496 g/mol. The Labute approximate surface area is 194 Å². The van der Waals surface area contributed by atoms with E-state index in [1.165, 1.54) is 96.3 Å². The van der Waals surface area contributed by atoms with E-state index in [2.05, 4.69) is 0 Å². The van der Waals surface area contributed by atoms with E-state index in [-0.39, 0.29) is 37.2 Å². The minimum Gasteiger partial charge on any atom is -0.431 e. The Morgan fingerprint density at radius 1 is 0.643 bits per heavy atom. The topological polar surface area (TPSA) is 103 Å². The fourth-order valence-electron chi connectivity index (χ4n) is 5.70. The van der Waals surface area contributed by atoms with Gasteiger partial charge in [0.25, 0.3) is 0 Å². The molecule has 4 nitrogen and oxygen atoms in total. The van der Waals surface area contributed by atoms with Gasteiger partial charge in [-0.1, -0.05) is 110 Å². The van der Waals surface area contributed by atoms with E-state index >= 15 is 0 Å². The molecule has 0 spiro atoms. The Balaban J connectivity index is 0. The Kier molecular flexibility index (Phi) is 18.5. The fraction of sp³-hybridized carbons (Fsp3) is 1.00. The van der Waals surface area contributed by atoms with Crippen LogP contribution in [0.2, 0.25) is 16.6 Å². The second-order valence-electron chi connectivity index (χ2n) is 9.47. The van der Waals surface area contributed by atoms with E-state index in [0.29, 0.717) is 12.5 Å². The van der Waals surface area contributed by atoms with Gasteiger partial charge in [0, 0.05) is 32.8 Å². The predicted molar refractivity (Wildman–Crippen MR) is 118 cm³/mol. The first-order valence-electron chi connectivity index (χ1n) is 11.4. The molecule has 0 radical (unpaired) electrons. The van der Waals surface area contributed by atoms with E-state index in [9.17, 15) is 4.80 Å². The van der Waals surface area contributed by atoms with Crippen molar-refractivity contribution in [3.63, 3.8) is 0 Å². The maximum atomic E-state index is 12.0. The van der Waals surface area contributed by atoms with Crippen LogP contribution in [0.5, 0.6) is 0 Å². The fourth-order valence-corrected chi connectivity index (χ4v) is 11.7. The summed E-state index contributed by atoms with van der Waals surface area (Å²) in [7, 11) is -2.05. The normalized spacial score (nSPS) is 22.2. The van der Waals surface area contributed by atoms with Gasteiger partial charge in [-0.2, -0.15) is 0 Å². The van der Waals surface area contributed by atoms with Crippen LogP contribution in [0, 0.1) is 5.92 Å². The molecular formula is C22H48O4SiZr. The van der Waals surface area contributed by atoms with Crippen LogP contribution in [0.3, 0.4) is 0 Å². The molecule has 6 heteroatoms. The molecule has 3 aliphatic carbocycles. The number of hydrogen-bond acceptors (Lipinski definition) is 2. The van der Waals surface area contributed by atoms with Crippen molar-refractivity contribution < 1.29 is 47.1 Å². The van der Waals surface area contributed by atoms with Gasteiger partial charge in [0.05, 0.1) is 0 Å². The van der Waals surface area contributed by atoms with Gasteiger partial charge >= 0.3 is 0 Å². The summed E-state index contributed by atoms with van der Waals surface area (Å²) in [5.74, 6) is 0.440. The van der Waals surface area contributed by atoms with E-state index in [4.69, 9.17) is 5.11 Å². The maximum Gasteiger partial charge on any atom is 0.197 e. The summed E-state index contributed by atoms with van der Waals surface area (Å²) in [5.41, 5.74) is 2.30. The number of rotatable bonds is 4. The Hall–Kier alpha value is 0.940. The molecule has 0 aromatic rings. The zero-order valence-electron chi connectivity index (χ0n) is 18.5. The standard InChI is InChI=1S/C18H34OSi.C4H10O.2H2O.Zr/c19-20(16-10-4-1-5-11-16,17-12-6-2-7-13-17)18-14-8-3-9-15-18;1-4(2)3-5;;;/h16-19H,1-15H2;4-5H,3H2,1-2H3;2*1H2;. The molecular weight excluding hydrogens is 448 g/mol. The molecule has 0 aromatic carbocycles. The van der Waals surface area contributed by atoms with Crippen molar-refractivity contribution in [2.75, 3.05) is 6.61 Å². The van der Waals surface area contributed by atoms with Crippen LogP contribution in [0.25, 0.3) is 0 Å². The summed E-state index contributed by atoms with van der Waals surface area (Å²) < 4.78 is 0. The summed E-state index contributed by atoms with van der Waals surface area (Å²) in [6, 6.07) is 0. The summed E-state index contributed by atoms with van der Waals surface area (Å²) in [4.78, 5) is 12.0. The molecule has 28 heavy (non-hydrogen) atoms. The van der Waals surface area contributed by atoms with E-state index in [1.807, 2.05) is 13.8 Å². The SMILES string of the molecule is CC(C)CO.O.O.O[Si](C1CCCCC1)(C1CCCCC1)C1CCCCC1.[Zr]. The molecule has 3 aliphatic rings. The molecule has 3 saturated carbocycles. The van der Waals surface area contributed by atoms with Gasteiger partial charge in [0.2, 0.25) is 0 Å². The van der Waals surface area contributed by atoms with Crippen LogP contribution in [-0.4, -0.2) is 35.8 Å². The van der Waals surface area contributed by atoms with Gasteiger partial charge in [-0.25, -0.2) is 0 Å². The molecule has 168 valence electrons. The van der Waals surface area contributed by atoms with Crippen molar-refractivity contribution >= 4 is 8.32 Å². The Morgan fingerprint density at radius 3 is 1.04 bits per heavy atom. The minimum atomic E-state index is -2.05. The van der Waals surface area contributed by atoms with Crippen LogP contribution >= 0.6 is 0 Å². The number of hydrogen-bond donors (Lipinski definition) is 2.